The van der Waals surface area contributed by atoms with E-state index in [-0.39, 0.29) is 11.9 Å². The van der Waals surface area contributed by atoms with Gasteiger partial charge in [0.2, 0.25) is 11.7 Å². The lowest BCUT2D eigenvalue weighted by atomic mass is 10.1. The molecule has 3 aromatic rings. The van der Waals surface area contributed by atoms with Crippen LogP contribution in [0.5, 0.6) is 0 Å². The Labute approximate surface area is 151 Å². The van der Waals surface area contributed by atoms with Crippen LogP contribution in [-0.4, -0.2) is 28.6 Å². The molecule has 2 aromatic carbocycles. The van der Waals surface area contributed by atoms with Gasteiger partial charge in [-0.1, -0.05) is 23.1 Å². The zero-order valence-corrected chi connectivity index (χ0v) is 14.4. The molecular formula is C21H18FN3O. The number of nitrogens with zero attached hydrogens (tertiary/aromatic N) is 3. The zero-order valence-electron chi connectivity index (χ0n) is 14.4. The second-order valence-electron chi connectivity index (χ2n) is 6.43. The molecule has 26 heavy (non-hydrogen) atoms. The van der Waals surface area contributed by atoms with Crippen molar-refractivity contribution in [3.63, 3.8) is 0 Å². The summed E-state index contributed by atoms with van der Waals surface area (Å²) in [5.74, 6) is 6.98. The molecule has 1 aliphatic heterocycles. The molecule has 1 fully saturated rings. The number of hydrogen-bond acceptors (Lipinski definition) is 4. The molecule has 0 aliphatic carbocycles. The minimum absolute atomic E-state index is 0.215. The number of rotatable bonds is 2. The minimum Gasteiger partial charge on any atom is -0.337 e. The molecule has 4 nitrogen and oxygen atoms in total. The van der Waals surface area contributed by atoms with Crippen LogP contribution in [0.1, 0.15) is 35.9 Å². The number of benzene rings is 2. The van der Waals surface area contributed by atoms with Gasteiger partial charge in [0, 0.05) is 16.7 Å². The summed E-state index contributed by atoms with van der Waals surface area (Å²) in [5, 5.41) is 4.11. The largest absolute Gasteiger partial charge is 0.337 e. The average Bonchev–Trinajstić information content (AvgIpc) is 3.29. The Balaban J connectivity index is 1.51. The van der Waals surface area contributed by atoms with Crippen molar-refractivity contribution in [2.45, 2.75) is 18.9 Å². The zero-order chi connectivity index (χ0) is 17.9. The highest BCUT2D eigenvalue weighted by molar-refractivity contribution is 5.56. The van der Waals surface area contributed by atoms with Crippen molar-refractivity contribution >= 4 is 0 Å². The van der Waals surface area contributed by atoms with Crippen molar-refractivity contribution in [1.29, 1.82) is 0 Å². The fourth-order valence-corrected chi connectivity index (χ4v) is 3.12. The molecular weight excluding hydrogens is 329 g/mol. The first-order chi connectivity index (χ1) is 12.7. The lowest BCUT2D eigenvalue weighted by Gasteiger charge is -2.14. The molecule has 0 saturated carbocycles. The van der Waals surface area contributed by atoms with Crippen LogP contribution in [0.15, 0.2) is 53.1 Å². The van der Waals surface area contributed by atoms with E-state index in [0.717, 1.165) is 30.5 Å². The van der Waals surface area contributed by atoms with Crippen LogP contribution in [0.2, 0.25) is 0 Å². The predicted octanol–water partition coefficient (Wildman–Crippen LogP) is 4.04. The maximum absolute atomic E-state index is 13.2. The Morgan fingerprint density at radius 3 is 2.65 bits per heavy atom. The Kier molecular flexibility index (Phi) is 4.51. The first kappa shape index (κ1) is 16.5. The van der Waals surface area contributed by atoms with E-state index in [9.17, 15) is 4.39 Å². The van der Waals surface area contributed by atoms with E-state index in [1.807, 2.05) is 24.3 Å². The van der Waals surface area contributed by atoms with Crippen molar-refractivity contribution in [3.8, 4) is 23.2 Å². The van der Waals surface area contributed by atoms with Gasteiger partial charge in [0.25, 0.3) is 0 Å². The van der Waals surface area contributed by atoms with Gasteiger partial charge in [0.1, 0.15) is 5.82 Å². The smallest absolute Gasteiger partial charge is 0.244 e. The standard InChI is InChI=1S/C21H18FN3O/c1-25-13-3-6-19(25)21-23-20(24-26-21)17-11-9-15(10-12-17)7-8-16-4-2-5-18(22)14-16/h2,4-5,9-12,14,19H,3,6,13H2,1H3. The Morgan fingerprint density at radius 2 is 1.92 bits per heavy atom. The molecule has 1 saturated heterocycles. The van der Waals surface area contributed by atoms with Crippen LogP contribution < -0.4 is 0 Å². The molecule has 0 spiro atoms. The normalized spacial score (nSPS) is 17.1. The molecule has 4 rings (SSSR count). The highest BCUT2D eigenvalue weighted by atomic mass is 19.1. The molecule has 1 aliphatic rings. The topological polar surface area (TPSA) is 42.2 Å². The van der Waals surface area contributed by atoms with Crippen LogP contribution in [0.4, 0.5) is 4.39 Å². The molecule has 5 heteroatoms. The van der Waals surface area contributed by atoms with Crippen molar-refractivity contribution in [1.82, 2.24) is 15.0 Å². The molecule has 1 aromatic heterocycles. The Hall–Kier alpha value is -2.97. The maximum atomic E-state index is 13.2. The highest BCUT2D eigenvalue weighted by Gasteiger charge is 2.27. The van der Waals surface area contributed by atoms with E-state index >= 15 is 0 Å². The molecule has 2 heterocycles. The number of likely N-dealkylation sites (tertiary alicyclic amines) is 1. The summed E-state index contributed by atoms with van der Waals surface area (Å²) < 4.78 is 18.6. The quantitative estimate of drug-likeness (QED) is 0.656. The number of aromatic nitrogens is 2. The van der Waals surface area contributed by atoms with Gasteiger partial charge in [0.15, 0.2) is 0 Å². The third kappa shape index (κ3) is 3.51. The molecule has 0 radical (unpaired) electrons. The summed E-state index contributed by atoms with van der Waals surface area (Å²) in [6, 6.07) is 14.1. The van der Waals surface area contributed by atoms with Gasteiger partial charge in [-0.3, -0.25) is 4.90 Å². The van der Waals surface area contributed by atoms with Gasteiger partial charge in [-0.15, -0.1) is 0 Å². The van der Waals surface area contributed by atoms with E-state index in [2.05, 4.69) is 33.9 Å². The SMILES string of the molecule is CN1CCCC1c1nc(-c2ccc(C#Cc3cccc(F)c3)cc2)no1. The summed E-state index contributed by atoms with van der Waals surface area (Å²) in [4.78, 5) is 6.79. The van der Waals surface area contributed by atoms with Gasteiger partial charge in [-0.25, -0.2) is 4.39 Å². The first-order valence-electron chi connectivity index (χ1n) is 8.61. The van der Waals surface area contributed by atoms with Gasteiger partial charge < -0.3 is 4.52 Å². The summed E-state index contributed by atoms with van der Waals surface area (Å²) in [7, 11) is 2.08. The summed E-state index contributed by atoms with van der Waals surface area (Å²) in [6.07, 6.45) is 2.20. The van der Waals surface area contributed by atoms with Gasteiger partial charge >= 0.3 is 0 Å². The molecule has 0 N–H and O–H groups in total. The highest BCUT2D eigenvalue weighted by Crippen LogP contribution is 2.30. The lowest BCUT2D eigenvalue weighted by molar-refractivity contribution is 0.245. The number of hydrogen-bond donors (Lipinski definition) is 0. The van der Waals surface area contributed by atoms with Gasteiger partial charge in [-0.2, -0.15) is 4.98 Å². The first-order valence-corrected chi connectivity index (χ1v) is 8.61. The summed E-state index contributed by atoms with van der Waals surface area (Å²) >= 11 is 0. The second kappa shape index (κ2) is 7.11. The summed E-state index contributed by atoms with van der Waals surface area (Å²) in [6.45, 7) is 1.06. The maximum Gasteiger partial charge on any atom is 0.244 e. The van der Waals surface area contributed by atoms with Gasteiger partial charge in [-0.05, 0) is 68.9 Å². The monoisotopic (exact) mass is 347 g/mol. The average molecular weight is 347 g/mol. The second-order valence-corrected chi connectivity index (χ2v) is 6.43. The molecule has 1 atom stereocenters. The molecule has 130 valence electrons. The lowest BCUT2D eigenvalue weighted by Crippen LogP contribution is -2.17. The van der Waals surface area contributed by atoms with Crippen LogP contribution in [0, 0.1) is 17.7 Å². The molecule has 0 amide bonds. The van der Waals surface area contributed by atoms with E-state index in [1.54, 1.807) is 12.1 Å². The fourth-order valence-electron chi connectivity index (χ4n) is 3.12. The fraction of sp³-hybridized carbons (Fsp3) is 0.238. The van der Waals surface area contributed by atoms with Crippen molar-refractivity contribution < 1.29 is 8.91 Å². The van der Waals surface area contributed by atoms with E-state index < -0.39 is 0 Å². The third-order valence-corrected chi connectivity index (χ3v) is 4.57. The van der Waals surface area contributed by atoms with E-state index in [4.69, 9.17) is 4.52 Å². The third-order valence-electron chi connectivity index (χ3n) is 4.57. The summed E-state index contributed by atoms with van der Waals surface area (Å²) in [5.41, 5.74) is 2.38. The van der Waals surface area contributed by atoms with E-state index in [0.29, 0.717) is 17.3 Å². The van der Waals surface area contributed by atoms with Crippen molar-refractivity contribution in [2.75, 3.05) is 13.6 Å². The Bertz CT molecular complexity index is 969. The molecule has 0 bridgehead atoms. The van der Waals surface area contributed by atoms with Crippen molar-refractivity contribution in [2.24, 2.45) is 0 Å². The Morgan fingerprint density at radius 1 is 1.12 bits per heavy atom. The van der Waals surface area contributed by atoms with Crippen LogP contribution in [0.3, 0.4) is 0 Å². The van der Waals surface area contributed by atoms with Gasteiger partial charge in [0.05, 0.1) is 6.04 Å². The van der Waals surface area contributed by atoms with Crippen molar-refractivity contribution in [3.05, 3.63) is 71.4 Å². The number of halogens is 1. The van der Waals surface area contributed by atoms with E-state index in [1.165, 1.54) is 12.1 Å². The van der Waals surface area contributed by atoms with Crippen LogP contribution in [-0.2, 0) is 0 Å². The predicted molar refractivity (Wildman–Crippen MR) is 96.7 cm³/mol. The van der Waals surface area contributed by atoms with Crippen LogP contribution in [0.25, 0.3) is 11.4 Å². The van der Waals surface area contributed by atoms with Crippen LogP contribution >= 0.6 is 0 Å². The molecule has 1 unspecified atom stereocenters. The minimum atomic E-state index is -0.284.